The molecule has 0 aliphatic carbocycles. The number of furan rings is 1. The maximum Gasteiger partial charge on any atom is 0.336 e. The van der Waals surface area contributed by atoms with Crippen LogP contribution in [0.15, 0.2) is 98.8 Å². The van der Waals surface area contributed by atoms with E-state index in [1.54, 1.807) is 53.4 Å². The third-order valence-corrected chi connectivity index (χ3v) is 4.59. The van der Waals surface area contributed by atoms with Gasteiger partial charge in [-0.05, 0) is 48.5 Å². The van der Waals surface area contributed by atoms with Crippen LogP contribution in [0.3, 0.4) is 0 Å². The van der Waals surface area contributed by atoms with Gasteiger partial charge in [-0.3, -0.25) is 4.79 Å². The third-order valence-electron chi connectivity index (χ3n) is 4.59. The topological polar surface area (TPSA) is 90.3 Å². The van der Waals surface area contributed by atoms with Crippen LogP contribution < -0.4 is 10.9 Å². The largest absolute Gasteiger partial charge is 0.463 e. The number of hydrogen-bond donors (Lipinski definition) is 1. The molecule has 30 heavy (non-hydrogen) atoms. The zero-order valence-electron chi connectivity index (χ0n) is 15.6. The maximum atomic E-state index is 13.1. The molecule has 146 valence electrons. The first-order valence-corrected chi connectivity index (χ1v) is 9.22. The highest BCUT2D eigenvalue weighted by atomic mass is 16.4. The minimum Gasteiger partial charge on any atom is -0.463 e. The lowest BCUT2D eigenvalue weighted by atomic mass is 10.2. The summed E-state index contributed by atoms with van der Waals surface area (Å²) in [5, 5.41) is 8.15. The molecule has 0 radical (unpaired) electrons. The van der Waals surface area contributed by atoms with Gasteiger partial charge in [0.25, 0.3) is 5.91 Å². The number of carbonyl (C=O) groups is 1. The fraction of sp³-hybridized carbons (Fsp3) is 0. The lowest BCUT2D eigenvalue weighted by Crippen LogP contribution is -2.17. The van der Waals surface area contributed by atoms with E-state index < -0.39 is 5.63 Å². The Morgan fingerprint density at radius 3 is 2.60 bits per heavy atom. The molecule has 0 fully saturated rings. The molecule has 0 unspecified atom stereocenters. The van der Waals surface area contributed by atoms with Crippen LogP contribution in [-0.4, -0.2) is 15.7 Å². The van der Waals surface area contributed by atoms with Gasteiger partial charge in [-0.15, -0.1) is 0 Å². The zero-order valence-corrected chi connectivity index (χ0v) is 15.6. The Morgan fingerprint density at radius 2 is 1.80 bits per heavy atom. The van der Waals surface area contributed by atoms with Crippen LogP contribution in [0.4, 0.5) is 5.69 Å². The standard InChI is InChI=1S/C23H15N3O4/c27-22-11-8-15-13-16(9-10-20(15)30-22)24-23(28)19-14-18(21-7-4-12-29-21)25-26(19)17-5-2-1-3-6-17/h1-14H,(H,24,28). The van der Waals surface area contributed by atoms with E-state index in [0.717, 1.165) is 5.69 Å². The van der Waals surface area contributed by atoms with Gasteiger partial charge in [-0.2, -0.15) is 5.10 Å². The van der Waals surface area contributed by atoms with Crippen molar-refractivity contribution in [3.8, 4) is 17.1 Å². The van der Waals surface area contributed by atoms with E-state index in [0.29, 0.717) is 33.8 Å². The summed E-state index contributed by atoms with van der Waals surface area (Å²) in [5.41, 5.74) is 2.26. The Labute approximate surface area is 170 Å². The number of nitrogens with zero attached hydrogens (tertiary/aromatic N) is 2. The van der Waals surface area contributed by atoms with Crippen LogP contribution in [0.1, 0.15) is 10.5 Å². The number of para-hydroxylation sites is 1. The number of rotatable bonds is 4. The molecule has 5 aromatic rings. The van der Waals surface area contributed by atoms with Gasteiger partial charge in [0.1, 0.15) is 17.0 Å². The van der Waals surface area contributed by atoms with Crippen LogP contribution >= 0.6 is 0 Å². The molecular formula is C23H15N3O4. The van der Waals surface area contributed by atoms with Crippen molar-refractivity contribution >= 4 is 22.6 Å². The minimum atomic E-state index is -0.420. The van der Waals surface area contributed by atoms with Gasteiger partial charge < -0.3 is 14.2 Å². The van der Waals surface area contributed by atoms with E-state index in [1.807, 2.05) is 30.3 Å². The lowest BCUT2D eigenvalue weighted by molar-refractivity contribution is 0.101. The van der Waals surface area contributed by atoms with Gasteiger partial charge in [0, 0.05) is 23.2 Å². The molecule has 3 aromatic heterocycles. The molecule has 0 aliphatic heterocycles. The predicted molar refractivity (Wildman–Crippen MR) is 112 cm³/mol. The first kappa shape index (κ1) is 17.7. The minimum absolute atomic E-state index is 0.333. The molecule has 0 saturated heterocycles. The SMILES string of the molecule is O=C(Nc1ccc2oc(=O)ccc2c1)c1cc(-c2ccco2)nn1-c1ccccc1. The fourth-order valence-corrected chi connectivity index (χ4v) is 3.20. The van der Waals surface area contributed by atoms with Crippen molar-refractivity contribution in [2.45, 2.75) is 0 Å². The number of nitrogens with one attached hydrogen (secondary N) is 1. The van der Waals surface area contributed by atoms with E-state index in [2.05, 4.69) is 10.4 Å². The molecule has 5 rings (SSSR count). The summed E-state index contributed by atoms with van der Waals surface area (Å²) in [6, 6.07) is 22.7. The predicted octanol–water partition coefficient (Wildman–Crippen LogP) is 4.49. The quantitative estimate of drug-likeness (QED) is 0.451. The average Bonchev–Trinajstić information content (AvgIpc) is 3.44. The van der Waals surface area contributed by atoms with Crippen molar-refractivity contribution in [3.05, 3.63) is 101 Å². The summed E-state index contributed by atoms with van der Waals surface area (Å²) in [6.45, 7) is 0. The molecule has 2 aromatic carbocycles. The highest BCUT2D eigenvalue weighted by Crippen LogP contribution is 2.24. The van der Waals surface area contributed by atoms with Crippen LogP contribution in [0.5, 0.6) is 0 Å². The molecule has 1 N–H and O–H groups in total. The fourth-order valence-electron chi connectivity index (χ4n) is 3.20. The van der Waals surface area contributed by atoms with Gasteiger partial charge in [0.05, 0.1) is 12.0 Å². The molecule has 0 spiro atoms. The molecule has 7 heteroatoms. The van der Waals surface area contributed by atoms with Crippen LogP contribution in [0, 0.1) is 0 Å². The third kappa shape index (κ3) is 3.29. The van der Waals surface area contributed by atoms with Crippen molar-refractivity contribution in [3.63, 3.8) is 0 Å². The summed E-state index contributed by atoms with van der Waals surface area (Å²) >= 11 is 0. The second kappa shape index (κ2) is 7.21. The Balaban J connectivity index is 1.53. The number of aromatic nitrogens is 2. The number of amides is 1. The zero-order chi connectivity index (χ0) is 20.5. The molecule has 7 nitrogen and oxygen atoms in total. The summed E-state index contributed by atoms with van der Waals surface area (Å²) in [4.78, 5) is 24.5. The number of benzene rings is 2. The molecule has 0 atom stereocenters. The highest BCUT2D eigenvalue weighted by Gasteiger charge is 2.19. The van der Waals surface area contributed by atoms with E-state index in [1.165, 1.54) is 6.07 Å². The normalized spacial score (nSPS) is 10.9. The second-order valence-electron chi connectivity index (χ2n) is 6.60. The molecule has 1 amide bonds. The van der Waals surface area contributed by atoms with Crippen molar-refractivity contribution in [1.82, 2.24) is 9.78 Å². The molecule has 3 heterocycles. The smallest absolute Gasteiger partial charge is 0.336 e. The molecular weight excluding hydrogens is 382 g/mol. The van der Waals surface area contributed by atoms with E-state index in [9.17, 15) is 9.59 Å². The number of hydrogen-bond acceptors (Lipinski definition) is 5. The van der Waals surface area contributed by atoms with Crippen LogP contribution in [-0.2, 0) is 0 Å². The first-order valence-electron chi connectivity index (χ1n) is 9.22. The average molecular weight is 397 g/mol. The van der Waals surface area contributed by atoms with Crippen LogP contribution in [0.2, 0.25) is 0 Å². The van der Waals surface area contributed by atoms with Gasteiger partial charge in [0.15, 0.2) is 5.76 Å². The second-order valence-corrected chi connectivity index (χ2v) is 6.60. The summed E-state index contributed by atoms with van der Waals surface area (Å²) in [6.07, 6.45) is 1.56. The van der Waals surface area contributed by atoms with Gasteiger partial charge in [0.2, 0.25) is 0 Å². The summed E-state index contributed by atoms with van der Waals surface area (Å²) < 4.78 is 12.1. The molecule has 0 bridgehead atoms. The number of carbonyl (C=O) groups excluding carboxylic acids is 1. The Hall–Kier alpha value is -4.39. The monoisotopic (exact) mass is 397 g/mol. The van der Waals surface area contributed by atoms with Crippen LogP contribution in [0.25, 0.3) is 28.1 Å². The van der Waals surface area contributed by atoms with E-state index >= 15 is 0 Å². The van der Waals surface area contributed by atoms with E-state index in [4.69, 9.17) is 8.83 Å². The van der Waals surface area contributed by atoms with Crippen molar-refractivity contribution in [2.75, 3.05) is 5.32 Å². The highest BCUT2D eigenvalue weighted by molar-refractivity contribution is 6.04. The Morgan fingerprint density at radius 1 is 0.933 bits per heavy atom. The number of anilines is 1. The summed E-state index contributed by atoms with van der Waals surface area (Å²) in [7, 11) is 0. The first-order chi connectivity index (χ1) is 14.7. The van der Waals surface area contributed by atoms with Gasteiger partial charge in [-0.25, -0.2) is 9.48 Å². The maximum absolute atomic E-state index is 13.1. The Kier molecular flexibility index (Phi) is 4.25. The summed E-state index contributed by atoms with van der Waals surface area (Å²) in [5.74, 6) is 0.236. The number of fused-ring (bicyclic) bond motifs is 1. The van der Waals surface area contributed by atoms with Gasteiger partial charge >= 0.3 is 5.63 Å². The van der Waals surface area contributed by atoms with Crippen molar-refractivity contribution in [2.24, 2.45) is 0 Å². The van der Waals surface area contributed by atoms with Crippen molar-refractivity contribution in [1.29, 1.82) is 0 Å². The molecule has 0 saturated carbocycles. The van der Waals surface area contributed by atoms with Crippen molar-refractivity contribution < 1.29 is 13.6 Å². The van der Waals surface area contributed by atoms with E-state index in [-0.39, 0.29) is 5.91 Å². The van der Waals surface area contributed by atoms with Gasteiger partial charge in [-0.1, -0.05) is 18.2 Å². The lowest BCUT2D eigenvalue weighted by Gasteiger charge is -2.09. The molecule has 0 aliphatic rings. The Bertz CT molecular complexity index is 1400.